The zero-order chi connectivity index (χ0) is 10.4. The van der Waals surface area contributed by atoms with E-state index in [1.165, 1.54) is 0 Å². The van der Waals surface area contributed by atoms with Crippen molar-refractivity contribution in [1.29, 1.82) is 0 Å². The van der Waals surface area contributed by atoms with Crippen LogP contribution in [-0.2, 0) is 20.3 Å². The SMILES string of the molecule is CC(=O)CCCS(=O)CC1CCCO1. The van der Waals surface area contributed by atoms with E-state index in [4.69, 9.17) is 4.74 Å². The van der Waals surface area contributed by atoms with Crippen LogP contribution in [0, 0.1) is 0 Å². The average Bonchev–Trinajstić information content (AvgIpc) is 2.56. The second kappa shape index (κ2) is 6.30. The van der Waals surface area contributed by atoms with Crippen molar-refractivity contribution in [2.45, 2.75) is 38.7 Å². The molecule has 1 aliphatic rings. The Morgan fingerprint density at radius 3 is 2.93 bits per heavy atom. The van der Waals surface area contributed by atoms with Crippen LogP contribution in [0.25, 0.3) is 0 Å². The van der Waals surface area contributed by atoms with E-state index in [0.717, 1.165) is 25.9 Å². The second-order valence-electron chi connectivity index (χ2n) is 3.75. The predicted molar refractivity (Wildman–Crippen MR) is 56.8 cm³/mol. The van der Waals surface area contributed by atoms with Gasteiger partial charge < -0.3 is 9.53 Å². The van der Waals surface area contributed by atoms with Gasteiger partial charge in [0.1, 0.15) is 5.78 Å². The van der Waals surface area contributed by atoms with Gasteiger partial charge in [0.05, 0.1) is 6.10 Å². The minimum atomic E-state index is -0.804. The minimum absolute atomic E-state index is 0.180. The zero-order valence-electron chi connectivity index (χ0n) is 8.66. The van der Waals surface area contributed by atoms with E-state index in [-0.39, 0.29) is 11.9 Å². The van der Waals surface area contributed by atoms with Gasteiger partial charge in [0.25, 0.3) is 0 Å². The fourth-order valence-electron chi connectivity index (χ4n) is 1.55. The molecule has 0 bridgehead atoms. The van der Waals surface area contributed by atoms with E-state index in [0.29, 0.717) is 17.9 Å². The average molecular weight is 218 g/mol. The molecule has 14 heavy (non-hydrogen) atoms. The standard InChI is InChI=1S/C10H18O3S/c1-9(11)4-3-7-14(12)8-10-5-2-6-13-10/h10H,2-8H2,1H3. The number of Topliss-reactive ketones (excluding diaryl/α,β-unsaturated/α-hetero) is 1. The van der Waals surface area contributed by atoms with Crippen LogP contribution in [0.3, 0.4) is 0 Å². The molecule has 0 amide bonds. The van der Waals surface area contributed by atoms with E-state index >= 15 is 0 Å². The van der Waals surface area contributed by atoms with E-state index in [1.54, 1.807) is 6.92 Å². The predicted octanol–water partition coefficient (Wildman–Crippen LogP) is 1.28. The molecular formula is C10H18O3S. The summed E-state index contributed by atoms with van der Waals surface area (Å²) in [6, 6.07) is 0. The number of ether oxygens (including phenoxy) is 1. The Labute approximate surface area is 87.7 Å². The van der Waals surface area contributed by atoms with Gasteiger partial charge in [0.15, 0.2) is 0 Å². The van der Waals surface area contributed by atoms with Crippen molar-refractivity contribution in [1.82, 2.24) is 0 Å². The lowest BCUT2D eigenvalue weighted by Crippen LogP contribution is -2.17. The van der Waals surface area contributed by atoms with Crippen LogP contribution >= 0.6 is 0 Å². The summed E-state index contributed by atoms with van der Waals surface area (Å²) in [6.07, 6.45) is 3.63. The highest BCUT2D eigenvalue weighted by Gasteiger charge is 2.17. The van der Waals surface area contributed by atoms with Crippen molar-refractivity contribution in [3.05, 3.63) is 0 Å². The van der Waals surface area contributed by atoms with Crippen molar-refractivity contribution >= 4 is 16.6 Å². The molecule has 2 atom stereocenters. The summed E-state index contributed by atoms with van der Waals surface area (Å²) in [5.41, 5.74) is 0. The van der Waals surface area contributed by atoms with Gasteiger partial charge in [-0.2, -0.15) is 0 Å². The smallest absolute Gasteiger partial charge is 0.129 e. The lowest BCUT2D eigenvalue weighted by atomic mass is 10.3. The molecule has 1 saturated heterocycles. The molecule has 0 spiro atoms. The van der Waals surface area contributed by atoms with Gasteiger partial charge >= 0.3 is 0 Å². The minimum Gasteiger partial charge on any atom is -0.377 e. The van der Waals surface area contributed by atoms with Crippen molar-refractivity contribution < 1.29 is 13.7 Å². The van der Waals surface area contributed by atoms with Gasteiger partial charge in [-0.05, 0) is 26.2 Å². The third kappa shape index (κ3) is 4.86. The fourth-order valence-corrected chi connectivity index (χ4v) is 2.86. The second-order valence-corrected chi connectivity index (χ2v) is 5.37. The van der Waals surface area contributed by atoms with Crippen molar-refractivity contribution in [2.24, 2.45) is 0 Å². The van der Waals surface area contributed by atoms with Gasteiger partial charge in [-0.15, -0.1) is 0 Å². The van der Waals surface area contributed by atoms with Crippen LogP contribution in [0.15, 0.2) is 0 Å². The molecule has 0 aromatic carbocycles. The normalized spacial score (nSPS) is 23.6. The molecule has 0 radical (unpaired) electrons. The first-order chi connectivity index (χ1) is 6.68. The summed E-state index contributed by atoms with van der Waals surface area (Å²) in [4.78, 5) is 10.6. The van der Waals surface area contributed by atoms with E-state index in [1.807, 2.05) is 0 Å². The Morgan fingerprint density at radius 2 is 2.36 bits per heavy atom. The molecule has 4 heteroatoms. The van der Waals surface area contributed by atoms with E-state index in [2.05, 4.69) is 0 Å². The van der Waals surface area contributed by atoms with Crippen LogP contribution in [0.1, 0.15) is 32.6 Å². The first-order valence-corrected chi connectivity index (χ1v) is 6.63. The number of carbonyl (C=O) groups is 1. The number of hydrogen-bond acceptors (Lipinski definition) is 3. The molecule has 3 nitrogen and oxygen atoms in total. The molecule has 0 aromatic heterocycles. The summed E-state index contributed by atoms with van der Waals surface area (Å²) in [6.45, 7) is 2.39. The molecule has 0 aromatic rings. The Morgan fingerprint density at radius 1 is 1.57 bits per heavy atom. The largest absolute Gasteiger partial charge is 0.377 e. The lowest BCUT2D eigenvalue weighted by molar-refractivity contribution is -0.117. The zero-order valence-corrected chi connectivity index (χ0v) is 9.48. The van der Waals surface area contributed by atoms with E-state index in [9.17, 15) is 9.00 Å². The summed E-state index contributed by atoms with van der Waals surface area (Å²) in [5.74, 6) is 1.47. The number of carbonyl (C=O) groups excluding carboxylic acids is 1. The van der Waals surface area contributed by atoms with Crippen LogP contribution in [0.4, 0.5) is 0 Å². The monoisotopic (exact) mass is 218 g/mol. The molecular weight excluding hydrogens is 200 g/mol. The fraction of sp³-hybridized carbons (Fsp3) is 0.900. The molecule has 1 rings (SSSR count). The Kier molecular flexibility index (Phi) is 5.33. The quantitative estimate of drug-likeness (QED) is 0.674. The van der Waals surface area contributed by atoms with E-state index < -0.39 is 10.8 Å². The first-order valence-electron chi connectivity index (χ1n) is 5.14. The maximum atomic E-state index is 11.5. The molecule has 0 N–H and O–H groups in total. The maximum absolute atomic E-state index is 11.5. The molecule has 1 heterocycles. The van der Waals surface area contributed by atoms with Gasteiger partial charge in [0, 0.05) is 35.3 Å². The third-order valence-electron chi connectivity index (χ3n) is 2.30. The highest BCUT2D eigenvalue weighted by atomic mass is 32.2. The van der Waals surface area contributed by atoms with Gasteiger partial charge in [-0.3, -0.25) is 4.21 Å². The summed E-state index contributed by atoms with van der Waals surface area (Å²) < 4.78 is 16.9. The highest BCUT2D eigenvalue weighted by molar-refractivity contribution is 7.85. The number of ketones is 1. The highest BCUT2D eigenvalue weighted by Crippen LogP contribution is 2.13. The summed E-state index contributed by atoms with van der Waals surface area (Å²) in [7, 11) is -0.804. The van der Waals surface area contributed by atoms with Crippen LogP contribution in [-0.4, -0.2) is 34.2 Å². The molecule has 2 unspecified atom stereocenters. The lowest BCUT2D eigenvalue weighted by Gasteiger charge is -2.08. The van der Waals surface area contributed by atoms with Crippen LogP contribution < -0.4 is 0 Å². The van der Waals surface area contributed by atoms with Crippen molar-refractivity contribution in [3.8, 4) is 0 Å². The third-order valence-corrected chi connectivity index (χ3v) is 3.78. The first kappa shape index (κ1) is 11.9. The molecule has 82 valence electrons. The Balaban J connectivity index is 2.06. The van der Waals surface area contributed by atoms with Gasteiger partial charge in [-0.1, -0.05) is 0 Å². The maximum Gasteiger partial charge on any atom is 0.129 e. The summed E-state index contributed by atoms with van der Waals surface area (Å²) >= 11 is 0. The molecule has 0 saturated carbocycles. The Hall–Kier alpha value is -0.220. The van der Waals surface area contributed by atoms with Crippen LogP contribution in [0.2, 0.25) is 0 Å². The Bertz CT molecular complexity index is 209. The van der Waals surface area contributed by atoms with Gasteiger partial charge in [0.2, 0.25) is 0 Å². The van der Waals surface area contributed by atoms with Gasteiger partial charge in [-0.25, -0.2) is 0 Å². The molecule has 1 fully saturated rings. The number of hydrogen-bond donors (Lipinski definition) is 0. The molecule has 1 aliphatic heterocycles. The number of rotatable bonds is 6. The molecule has 0 aliphatic carbocycles. The van der Waals surface area contributed by atoms with Crippen molar-refractivity contribution in [2.75, 3.05) is 18.1 Å². The summed E-state index contributed by atoms with van der Waals surface area (Å²) in [5, 5.41) is 0. The topological polar surface area (TPSA) is 43.4 Å². The van der Waals surface area contributed by atoms with Crippen molar-refractivity contribution in [3.63, 3.8) is 0 Å². The van der Waals surface area contributed by atoms with Crippen LogP contribution in [0.5, 0.6) is 0 Å².